The van der Waals surface area contributed by atoms with E-state index in [1.165, 1.54) is 0 Å². The lowest BCUT2D eigenvalue weighted by Gasteiger charge is -2.02. The molecule has 0 aliphatic carbocycles. The number of nitrogens with zero attached hydrogens (tertiary/aromatic N) is 2. The molecule has 2 aromatic heterocycles. The summed E-state index contributed by atoms with van der Waals surface area (Å²) in [6, 6.07) is 5.89. The number of aromatic amines is 1. The van der Waals surface area contributed by atoms with Crippen molar-refractivity contribution >= 4 is 15.9 Å². The number of pyridine rings is 1. The lowest BCUT2D eigenvalue weighted by Crippen LogP contribution is -2.13. The van der Waals surface area contributed by atoms with E-state index in [0.29, 0.717) is 0 Å². The summed E-state index contributed by atoms with van der Waals surface area (Å²) in [5.41, 5.74) is 2.16. The molecule has 2 N–H and O–H groups in total. The Morgan fingerprint density at radius 2 is 2.27 bits per heavy atom. The molecular weight excluding hydrogens is 256 g/mol. The van der Waals surface area contributed by atoms with Gasteiger partial charge in [-0.1, -0.05) is 6.07 Å². The second kappa shape index (κ2) is 5.04. The van der Waals surface area contributed by atoms with Crippen LogP contribution in [-0.4, -0.2) is 15.2 Å². The van der Waals surface area contributed by atoms with Gasteiger partial charge in [0.25, 0.3) is 0 Å². The molecule has 0 atom stereocenters. The molecular formula is C10H11BrN4. The van der Waals surface area contributed by atoms with Gasteiger partial charge in [-0.15, -0.1) is 0 Å². The highest BCUT2D eigenvalue weighted by Crippen LogP contribution is 2.06. The van der Waals surface area contributed by atoms with Gasteiger partial charge in [-0.05, 0) is 28.1 Å². The van der Waals surface area contributed by atoms with Crippen molar-refractivity contribution in [3.05, 3.63) is 46.5 Å². The fourth-order valence-corrected chi connectivity index (χ4v) is 1.64. The van der Waals surface area contributed by atoms with Crippen LogP contribution in [0.2, 0.25) is 0 Å². The van der Waals surface area contributed by atoms with Gasteiger partial charge in [-0.3, -0.25) is 5.10 Å². The molecule has 4 nitrogen and oxygen atoms in total. The summed E-state index contributed by atoms with van der Waals surface area (Å²) in [5.74, 6) is 0. The molecule has 0 aliphatic rings. The molecule has 0 saturated carbocycles. The molecule has 0 fully saturated rings. The molecule has 15 heavy (non-hydrogen) atoms. The van der Waals surface area contributed by atoms with Gasteiger partial charge in [-0.2, -0.15) is 5.10 Å². The monoisotopic (exact) mass is 266 g/mol. The average Bonchev–Trinajstić information content (AvgIpc) is 2.71. The molecule has 0 radical (unpaired) electrons. The van der Waals surface area contributed by atoms with Gasteiger partial charge in [-0.25, -0.2) is 4.98 Å². The van der Waals surface area contributed by atoms with E-state index < -0.39 is 0 Å². The third-order valence-electron chi connectivity index (χ3n) is 1.96. The molecule has 0 bridgehead atoms. The zero-order chi connectivity index (χ0) is 10.5. The van der Waals surface area contributed by atoms with E-state index >= 15 is 0 Å². The Morgan fingerprint density at radius 3 is 3.00 bits per heavy atom. The van der Waals surface area contributed by atoms with Gasteiger partial charge in [0.05, 0.1) is 11.9 Å². The molecule has 2 heterocycles. The van der Waals surface area contributed by atoms with Gasteiger partial charge in [0.2, 0.25) is 0 Å². The summed E-state index contributed by atoms with van der Waals surface area (Å²) in [6.07, 6.45) is 3.68. The van der Waals surface area contributed by atoms with Crippen molar-refractivity contribution < 1.29 is 0 Å². The van der Waals surface area contributed by atoms with Crippen LogP contribution < -0.4 is 5.32 Å². The molecule has 0 amide bonds. The quantitative estimate of drug-likeness (QED) is 0.831. The third-order valence-corrected chi connectivity index (χ3v) is 2.40. The maximum absolute atomic E-state index is 4.32. The topological polar surface area (TPSA) is 53.6 Å². The van der Waals surface area contributed by atoms with E-state index in [1.807, 2.05) is 24.4 Å². The van der Waals surface area contributed by atoms with E-state index in [0.717, 1.165) is 29.0 Å². The van der Waals surface area contributed by atoms with E-state index in [4.69, 9.17) is 0 Å². The first kappa shape index (κ1) is 10.3. The van der Waals surface area contributed by atoms with Crippen LogP contribution in [0.25, 0.3) is 0 Å². The number of hydrogen-bond donors (Lipinski definition) is 2. The van der Waals surface area contributed by atoms with Gasteiger partial charge in [0, 0.05) is 24.8 Å². The fourth-order valence-electron chi connectivity index (χ4n) is 1.26. The highest BCUT2D eigenvalue weighted by atomic mass is 79.9. The van der Waals surface area contributed by atoms with Crippen LogP contribution in [0.5, 0.6) is 0 Å². The zero-order valence-electron chi connectivity index (χ0n) is 8.07. The number of hydrogen-bond acceptors (Lipinski definition) is 3. The Bertz CT molecular complexity index is 413. The Morgan fingerprint density at radius 1 is 1.33 bits per heavy atom. The minimum absolute atomic E-state index is 0.755. The van der Waals surface area contributed by atoms with Gasteiger partial charge in [0.1, 0.15) is 4.60 Å². The molecule has 0 aliphatic heterocycles. The second-order valence-corrected chi connectivity index (χ2v) is 3.97. The molecule has 0 aromatic carbocycles. The molecule has 5 heteroatoms. The van der Waals surface area contributed by atoms with E-state index in [2.05, 4.69) is 36.4 Å². The summed E-state index contributed by atoms with van der Waals surface area (Å²) in [4.78, 5) is 4.32. The summed E-state index contributed by atoms with van der Waals surface area (Å²) in [5, 5.41) is 9.94. The first-order valence-corrected chi connectivity index (χ1v) is 5.44. The van der Waals surface area contributed by atoms with Crippen LogP contribution >= 0.6 is 15.9 Å². The van der Waals surface area contributed by atoms with Crippen molar-refractivity contribution in [3.63, 3.8) is 0 Å². The third kappa shape index (κ3) is 3.14. The van der Waals surface area contributed by atoms with E-state index in [1.54, 1.807) is 6.20 Å². The van der Waals surface area contributed by atoms with Crippen LogP contribution in [0.4, 0.5) is 0 Å². The van der Waals surface area contributed by atoms with Crippen LogP contribution in [0.15, 0.2) is 35.2 Å². The van der Waals surface area contributed by atoms with Crippen molar-refractivity contribution in [2.75, 3.05) is 0 Å². The van der Waals surface area contributed by atoms with Crippen LogP contribution in [0.3, 0.4) is 0 Å². The Kier molecular flexibility index (Phi) is 3.47. The molecule has 0 spiro atoms. The number of halogens is 1. The van der Waals surface area contributed by atoms with Crippen LogP contribution in [-0.2, 0) is 13.1 Å². The Labute approximate surface area is 96.3 Å². The first-order valence-electron chi connectivity index (χ1n) is 4.64. The number of H-pyrrole nitrogens is 1. The first-order chi connectivity index (χ1) is 7.34. The molecule has 2 rings (SSSR count). The number of rotatable bonds is 4. The molecule has 0 saturated heterocycles. The number of aromatic nitrogens is 3. The second-order valence-electron chi connectivity index (χ2n) is 3.16. The Balaban J connectivity index is 1.83. The highest BCUT2D eigenvalue weighted by Gasteiger charge is 1.96. The molecule has 0 unspecified atom stereocenters. The summed E-state index contributed by atoms with van der Waals surface area (Å²) < 4.78 is 0.866. The smallest absolute Gasteiger partial charge is 0.106 e. The van der Waals surface area contributed by atoms with Crippen LogP contribution in [0.1, 0.15) is 11.3 Å². The lowest BCUT2D eigenvalue weighted by molar-refractivity contribution is 0.679. The van der Waals surface area contributed by atoms with Crippen molar-refractivity contribution in [3.8, 4) is 0 Å². The SMILES string of the molecule is Brc1cccc(CNCc2cn[nH]c2)n1. The maximum atomic E-state index is 4.32. The van der Waals surface area contributed by atoms with Gasteiger partial charge in [0.15, 0.2) is 0 Å². The normalized spacial score (nSPS) is 10.5. The Hall–Kier alpha value is -1.20. The van der Waals surface area contributed by atoms with Crippen LogP contribution in [0, 0.1) is 0 Å². The van der Waals surface area contributed by atoms with Crippen molar-refractivity contribution in [1.29, 1.82) is 0 Å². The minimum atomic E-state index is 0.755. The lowest BCUT2D eigenvalue weighted by atomic mass is 10.3. The van der Waals surface area contributed by atoms with Crippen molar-refractivity contribution in [2.45, 2.75) is 13.1 Å². The van der Waals surface area contributed by atoms with Crippen molar-refractivity contribution in [1.82, 2.24) is 20.5 Å². The summed E-state index contributed by atoms with van der Waals surface area (Å²) >= 11 is 3.34. The fraction of sp³-hybridized carbons (Fsp3) is 0.200. The zero-order valence-corrected chi connectivity index (χ0v) is 9.66. The largest absolute Gasteiger partial charge is 0.307 e. The van der Waals surface area contributed by atoms with Gasteiger partial charge >= 0.3 is 0 Å². The predicted octanol–water partition coefficient (Wildman–Crippen LogP) is 1.86. The molecule has 2 aromatic rings. The average molecular weight is 267 g/mol. The summed E-state index contributed by atoms with van der Waals surface area (Å²) in [7, 11) is 0. The standard InChI is InChI=1S/C10H11BrN4/c11-10-3-1-2-9(15-10)7-12-4-8-5-13-14-6-8/h1-3,5-6,12H,4,7H2,(H,13,14). The van der Waals surface area contributed by atoms with E-state index in [9.17, 15) is 0 Å². The van der Waals surface area contributed by atoms with Gasteiger partial charge < -0.3 is 5.32 Å². The van der Waals surface area contributed by atoms with E-state index in [-0.39, 0.29) is 0 Å². The summed E-state index contributed by atoms with van der Waals surface area (Å²) in [6.45, 7) is 1.55. The number of nitrogens with one attached hydrogen (secondary N) is 2. The molecule has 78 valence electrons. The predicted molar refractivity (Wildman–Crippen MR) is 61.1 cm³/mol. The minimum Gasteiger partial charge on any atom is -0.307 e. The highest BCUT2D eigenvalue weighted by molar-refractivity contribution is 9.10. The van der Waals surface area contributed by atoms with Crippen molar-refractivity contribution in [2.24, 2.45) is 0 Å². The maximum Gasteiger partial charge on any atom is 0.106 e.